The number of hydrogen-bond donors (Lipinski definition) is 0. The largest absolute Gasteiger partial charge is 0.417 e. The summed E-state index contributed by atoms with van der Waals surface area (Å²) in [4.78, 5) is 15.1. The van der Waals surface area contributed by atoms with E-state index in [-0.39, 0.29) is 17.6 Å². The third-order valence-electron chi connectivity index (χ3n) is 10.3. The molecule has 0 amide bonds. The number of ether oxygens (including phenoxy) is 1. The maximum Gasteiger partial charge on any atom is 0.299 e. The van der Waals surface area contributed by atoms with Gasteiger partial charge in [-0.25, -0.2) is 0 Å². The van der Waals surface area contributed by atoms with E-state index in [9.17, 15) is 10.1 Å². The molecule has 9 rings (SSSR count). The smallest absolute Gasteiger partial charge is 0.299 e. The molecule has 2 aliphatic rings. The number of rotatable bonds is 7. The molecule has 6 heteroatoms. The molecular weight excluding hydrogens is 653 g/mol. The number of fused-ring (bicyclic) bond motifs is 3. The average Bonchev–Trinajstić information content (AvgIpc) is 3.93. The van der Waals surface area contributed by atoms with Crippen molar-refractivity contribution >= 4 is 46.1 Å². The van der Waals surface area contributed by atoms with Crippen LogP contribution in [0.1, 0.15) is 47.4 Å². The lowest BCUT2D eigenvalue weighted by Crippen LogP contribution is -2.15. The van der Waals surface area contributed by atoms with E-state index in [4.69, 9.17) is 4.74 Å². The zero-order valence-electron chi connectivity index (χ0n) is 27.7. The number of carbonyl (C=O) groups excluding carboxylic acids is 1. The Bertz CT molecular complexity index is 2560. The Morgan fingerprint density at radius 2 is 1.56 bits per heavy atom. The molecule has 0 fully saturated rings. The second-order valence-corrected chi connectivity index (χ2v) is 15.7. The van der Waals surface area contributed by atoms with Crippen molar-refractivity contribution in [2.75, 3.05) is 0 Å². The Morgan fingerprint density at radius 1 is 0.800 bits per heavy atom. The first-order valence-corrected chi connectivity index (χ1v) is 18.5. The molecule has 0 unspecified atom stereocenters. The topological polar surface area (TPSA) is 55.0 Å². The van der Waals surface area contributed by atoms with Crippen LogP contribution >= 0.6 is 22.7 Å². The van der Waals surface area contributed by atoms with Gasteiger partial charge in [-0.3, -0.25) is 4.79 Å². The summed E-state index contributed by atoms with van der Waals surface area (Å²) in [5, 5.41) is 10.7. The maximum absolute atomic E-state index is 10.8. The van der Waals surface area contributed by atoms with E-state index in [1.165, 1.54) is 71.7 Å². The molecule has 0 saturated heterocycles. The Morgan fingerprint density at radius 3 is 2.40 bits per heavy atom. The van der Waals surface area contributed by atoms with Crippen LogP contribution in [0.3, 0.4) is 0 Å². The van der Waals surface area contributed by atoms with Gasteiger partial charge in [0.15, 0.2) is 0 Å². The molecule has 0 aliphatic heterocycles. The highest BCUT2D eigenvalue weighted by molar-refractivity contribution is 7.24. The number of nitrogens with zero attached hydrogens (tertiary/aromatic N) is 2. The van der Waals surface area contributed by atoms with Crippen molar-refractivity contribution in [2.24, 2.45) is 0 Å². The van der Waals surface area contributed by atoms with Crippen LogP contribution in [0, 0.1) is 11.3 Å². The van der Waals surface area contributed by atoms with E-state index < -0.39 is 0 Å². The summed E-state index contributed by atoms with van der Waals surface area (Å²) in [7, 11) is 0. The lowest BCUT2D eigenvalue weighted by molar-refractivity contribution is -0.124. The number of aromatic nitrogens is 1. The third-order valence-corrected chi connectivity index (χ3v) is 12.7. The predicted molar refractivity (Wildman–Crippen MR) is 206 cm³/mol. The normalized spacial score (nSPS) is 14.3. The lowest BCUT2D eigenvalue weighted by Gasteiger charge is -2.22. The number of aryl methyl sites for hydroxylation is 2. The van der Waals surface area contributed by atoms with Crippen molar-refractivity contribution in [2.45, 2.75) is 38.5 Å². The molecule has 0 spiro atoms. The highest BCUT2D eigenvalue weighted by Gasteiger charge is 2.36. The Hall–Kier alpha value is -5.48. The average molecular weight is 685 g/mol. The lowest BCUT2D eigenvalue weighted by atomic mass is 9.82. The van der Waals surface area contributed by atoms with Crippen LogP contribution in [0.2, 0.25) is 0 Å². The molecule has 2 aliphatic carbocycles. The van der Waals surface area contributed by atoms with E-state index in [2.05, 4.69) is 122 Å². The minimum atomic E-state index is -0.0899. The van der Waals surface area contributed by atoms with Gasteiger partial charge in [0.1, 0.15) is 6.07 Å². The minimum absolute atomic E-state index is 0.0174. The summed E-state index contributed by atoms with van der Waals surface area (Å²) in [6, 6.07) is 42.0. The molecule has 7 aromatic rings. The van der Waals surface area contributed by atoms with Crippen molar-refractivity contribution in [3.8, 4) is 54.3 Å². The number of carbonyl (C=O) groups is 1. The van der Waals surface area contributed by atoms with Gasteiger partial charge in [0.2, 0.25) is 5.76 Å². The molecule has 0 radical (unpaired) electrons. The summed E-state index contributed by atoms with van der Waals surface area (Å²) < 4.78 is 7.33. The first-order chi connectivity index (χ1) is 24.4. The quantitative estimate of drug-likeness (QED) is 0.0954. The first-order valence-electron chi connectivity index (χ1n) is 16.9. The number of thiophene rings is 2. The Balaban J connectivity index is 1.21. The maximum atomic E-state index is 10.8. The molecule has 0 N–H and O–H groups in total. The summed E-state index contributed by atoms with van der Waals surface area (Å²) >= 11 is 3.35. The molecule has 4 aromatic carbocycles. The number of hydrogen-bond acceptors (Lipinski definition) is 5. The van der Waals surface area contributed by atoms with Gasteiger partial charge in [-0.05, 0) is 112 Å². The summed E-state index contributed by atoms with van der Waals surface area (Å²) in [6.45, 7) is 4.99. The highest BCUT2D eigenvalue weighted by Crippen LogP contribution is 2.50. The third kappa shape index (κ3) is 4.80. The van der Waals surface area contributed by atoms with Crippen LogP contribution in [-0.2, 0) is 27.8 Å². The fourth-order valence-corrected chi connectivity index (χ4v) is 10.1. The van der Waals surface area contributed by atoms with Gasteiger partial charge in [-0.15, -0.1) is 22.7 Å². The monoisotopic (exact) mass is 684 g/mol. The molecular formula is C44H32N2O2S2. The zero-order chi connectivity index (χ0) is 34.0. The van der Waals surface area contributed by atoms with Crippen LogP contribution in [0.5, 0.6) is 0 Å². The molecule has 242 valence electrons. The van der Waals surface area contributed by atoms with Crippen LogP contribution in [0.4, 0.5) is 0 Å². The molecule has 4 nitrogen and oxygen atoms in total. The van der Waals surface area contributed by atoms with Crippen LogP contribution in [0.25, 0.3) is 65.2 Å². The van der Waals surface area contributed by atoms with Crippen molar-refractivity contribution < 1.29 is 9.53 Å². The second-order valence-electron chi connectivity index (χ2n) is 13.5. The van der Waals surface area contributed by atoms with Crippen molar-refractivity contribution in [3.63, 3.8) is 0 Å². The summed E-state index contributed by atoms with van der Waals surface area (Å²) in [6.07, 6.45) is 4.85. The predicted octanol–water partition coefficient (Wildman–Crippen LogP) is 11.6. The van der Waals surface area contributed by atoms with Crippen molar-refractivity contribution in [3.05, 3.63) is 142 Å². The van der Waals surface area contributed by atoms with E-state index in [0.29, 0.717) is 0 Å². The summed E-state index contributed by atoms with van der Waals surface area (Å²) in [5.74, 6) is -0.0174. The molecule has 0 saturated carbocycles. The fraction of sp³-hybridized carbons (Fsp3) is 0.136. The second kappa shape index (κ2) is 11.8. The van der Waals surface area contributed by atoms with E-state index in [1.807, 2.05) is 12.1 Å². The summed E-state index contributed by atoms with van der Waals surface area (Å²) in [5.41, 5.74) is 14.4. The van der Waals surface area contributed by atoms with E-state index in [0.717, 1.165) is 33.9 Å². The van der Waals surface area contributed by atoms with Gasteiger partial charge in [-0.2, -0.15) is 5.26 Å². The SMILES string of the molecule is CC1(C)c2ccccc2-c2ccc(-n3c(-c4ccccc4)c4c5c(cc(-c6ccc(-c7ccc(C=C(C#N)OC=O)s7)s6)cc53)CCC4)cc21. The Kier molecular flexibility index (Phi) is 7.24. The number of benzene rings is 4. The molecule has 50 heavy (non-hydrogen) atoms. The number of allylic oxidation sites excluding steroid dienone is 1. The fourth-order valence-electron chi connectivity index (χ4n) is 8.08. The van der Waals surface area contributed by atoms with E-state index in [1.54, 1.807) is 28.7 Å². The zero-order valence-corrected chi connectivity index (χ0v) is 29.3. The van der Waals surface area contributed by atoms with Gasteiger partial charge < -0.3 is 9.30 Å². The van der Waals surface area contributed by atoms with Crippen LogP contribution in [0.15, 0.2) is 115 Å². The van der Waals surface area contributed by atoms with E-state index >= 15 is 0 Å². The van der Waals surface area contributed by atoms with Crippen molar-refractivity contribution in [1.29, 1.82) is 5.26 Å². The van der Waals surface area contributed by atoms with Gasteiger partial charge in [0.05, 0.1) is 11.2 Å². The first kappa shape index (κ1) is 30.6. The molecule has 0 atom stereocenters. The standard InChI is InChI=1S/C44H32N2O2S2/c1-44(2)36-14-7-6-12-33(36)34-17-15-30(23-37(34)44)46-38-22-29(21-28-11-8-13-35(42(28)38)43(46)27-9-4-3-5-10-27)39-19-20-41(50-39)40-18-16-32(49-40)24-31(25-45)48-26-47/h3-7,9-10,12,14-24,26H,8,11,13H2,1-2H3. The van der Waals surface area contributed by atoms with Gasteiger partial charge in [-0.1, -0.05) is 74.5 Å². The molecule has 0 bridgehead atoms. The molecule has 3 aromatic heterocycles. The van der Waals surface area contributed by atoms with Gasteiger partial charge >= 0.3 is 0 Å². The highest BCUT2D eigenvalue weighted by atomic mass is 32.1. The number of nitriles is 1. The van der Waals surface area contributed by atoms with Crippen molar-refractivity contribution in [1.82, 2.24) is 4.57 Å². The van der Waals surface area contributed by atoms with Gasteiger partial charge in [0.25, 0.3) is 6.47 Å². The molecule has 3 heterocycles. The Labute approximate surface area is 299 Å². The minimum Gasteiger partial charge on any atom is -0.417 e. The van der Waals surface area contributed by atoms with Crippen LogP contribution in [-0.4, -0.2) is 11.0 Å². The van der Waals surface area contributed by atoms with Gasteiger partial charge in [0, 0.05) is 42.1 Å². The van der Waals surface area contributed by atoms with Crippen LogP contribution < -0.4 is 0 Å².